The Kier molecular flexibility index (Phi) is 4.55. The van der Waals surface area contributed by atoms with Gasteiger partial charge < -0.3 is 9.84 Å². The quantitative estimate of drug-likeness (QED) is 0.499. The molecule has 0 aromatic rings. The summed E-state index contributed by atoms with van der Waals surface area (Å²) in [5, 5.41) is 8.97. The van der Waals surface area contributed by atoms with Crippen molar-refractivity contribution in [2.24, 2.45) is 0 Å². The molecule has 5 nitrogen and oxygen atoms in total. The van der Waals surface area contributed by atoms with Crippen LogP contribution < -0.4 is 0 Å². The van der Waals surface area contributed by atoms with Crippen LogP contribution in [0, 0.1) is 0 Å². The number of aliphatic hydroxyl groups excluding tert-OH is 1. The third-order valence-electron chi connectivity index (χ3n) is 1.18. The van der Waals surface area contributed by atoms with Crippen LogP contribution in [0.1, 0.15) is 13.8 Å². The van der Waals surface area contributed by atoms with E-state index in [0.29, 0.717) is 5.57 Å². The van der Waals surface area contributed by atoms with Crippen LogP contribution in [-0.2, 0) is 14.9 Å². The van der Waals surface area contributed by atoms with Gasteiger partial charge in [0.2, 0.25) is 5.44 Å². The Hall–Kier alpha value is -0.430. The largest absolute Gasteiger partial charge is 0.389 e. The molecular weight excluding hydrogens is 196 g/mol. The smallest absolute Gasteiger partial charge is 0.294 e. The summed E-state index contributed by atoms with van der Waals surface area (Å²) in [4.78, 5) is 0. The van der Waals surface area contributed by atoms with Crippen molar-refractivity contribution in [3.05, 3.63) is 12.2 Å². The molecule has 13 heavy (non-hydrogen) atoms. The average Bonchev–Trinajstić information content (AvgIpc) is 1.81. The maximum absolute atomic E-state index is 10.6. The first-order chi connectivity index (χ1) is 5.75. The predicted molar refractivity (Wildman–Crippen MR) is 47.8 cm³/mol. The van der Waals surface area contributed by atoms with Gasteiger partial charge in [-0.2, -0.15) is 8.42 Å². The molecule has 0 saturated heterocycles. The Morgan fingerprint density at radius 3 is 2.31 bits per heavy atom. The Bertz CT molecular complexity index is 267. The lowest BCUT2D eigenvalue weighted by Crippen LogP contribution is -2.34. The number of hydrogen-bond donors (Lipinski definition) is 2. The van der Waals surface area contributed by atoms with Gasteiger partial charge in [-0.25, -0.2) is 0 Å². The average molecular weight is 210 g/mol. The maximum Gasteiger partial charge on any atom is 0.294 e. The van der Waals surface area contributed by atoms with E-state index in [1.807, 2.05) is 0 Å². The first kappa shape index (κ1) is 12.6. The van der Waals surface area contributed by atoms with E-state index in [9.17, 15) is 8.42 Å². The van der Waals surface area contributed by atoms with Gasteiger partial charge in [-0.3, -0.25) is 4.55 Å². The minimum Gasteiger partial charge on any atom is -0.389 e. The van der Waals surface area contributed by atoms with Crippen molar-refractivity contribution in [3.8, 4) is 0 Å². The van der Waals surface area contributed by atoms with Crippen LogP contribution in [-0.4, -0.2) is 36.2 Å². The van der Waals surface area contributed by atoms with Gasteiger partial charge in [0.25, 0.3) is 10.1 Å². The van der Waals surface area contributed by atoms with E-state index in [4.69, 9.17) is 14.4 Å². The van der Waals surface area contributed by atoms with Crippen LogP contribution >= 0.6 is 0 Å². The summed E-state index contributed by atoms with van der Waals surface area (Å²) in [7, 11) is -4.37. The van der Waals surface area contributed by atoms with Gasteiger partial charge in [0.1, 0.15) is 0 Å². The fraction of sp³-hybridized carbons (Fsp3) is 0.714. The van der Waals surface area contributed by atoms with Gasteiger partial charge in [-0.05, 0) is 13.8 Å². The summed E-state index contributed by atoms with van der Waals surface area (Å²) >= 11 is 0. The van der Waals surface area contributed by atoms with E-state index in [1.54, 1.807) is 6.92 Å². The molecule has 78 valence electrons. The van der Waals surface area contributed by atoms with Gasteiger partial charge in [0.05, 0.1) is 12.7 Å². The maximum atomic E-state index is 10.6. The van der Waals surface area contributed by atoms with E-state index in [2.05, 4.69) is 6.58 Å². The molecule has 0 aliphatic rings. The van der Waals surface area contributed by atoms with Crippen LogP contribution in [0.5, 0.6) is 0 Å². The molecule has 0 saturated carbocycles. The molecule has 0 aliphatic carbocycles. The van der Waals surface area contributed by atoms with Gasteiger partial charge in [-0.1, -0.05) is 12.2 Å². The van der Waals surface area contributed by atoms with Crippen molar-refractivity contribution in [1.82, 2.24) is 0 Å². The van der Waals surface area contributed by atoms with Crippen LogP contribution in [0.15, 0.2) is 12.2 Å². The van der Waals surface area contributed by atoms with E-state index < -0.39 is 21.7 Å². The van der Waals surface area contributed by atoms with Crippen LogP contribution in [0.4, 0.5) is 0 Å². The van der Waals surface area contributed by atoms with Crippen LogP contribution in [0.25, 0.3) is 0 Å². The third-order valence-corrected chi connectivity index (χ3v) is 2.30. The van der Waals surface area contributed by atoms with E-state index in [0.717, 1.165) is 0 Å². The summed E-state index contributed by atoms with van der Waals surface area (Å²) in [6.45, 7) is 6.33. The molecular formula is C7H14O5S. The monoisotopic (exact) mass is 210 g/mol. The van der Waals surface area contributed by atoms with Crippen molar-refractivity contribution in [3.63, 3.8) is 0 Å². The molecule has 0 spiro atoms. The van der Waals surface area contributed by atoms with E-state index >= 15 is 0 Å². The molecule has 0 rings (SSSR count). The zero-order valence-electron chi connectivity index (χ0n) is 7.60. The number of rotatable bonds is 5. The molecule has 0 aromatic heterocycles. The predicted octanol–water partition coefficient (Wildman–Crippen LogP) is 0.174. The molecule has 0 amide bonds. The molecule has 0 aliphatic heterocycles. The Morgan fingerprint density at radius 1 is 1.62 bits per heavy atom. The van der Waals surface area contributed by atoms with E-state index in [1.165, 1.54) is 6.92 Å². The summed E-state index contributed by atoms with van der Waals surface area (Å²) in [5.41, 5.74) is -1.00. The molecule has 0 aromatic carbocycles. The SMILES string of the molecule is C=C(C)COC(C(C)O)S(=O)(=O)O. The highest BCUT2D eigenvalue weighted by atomic mass is 32.2. The second kappa shape index (κ2) is 4.71. The topological polar surface area (TPSA) is 83.8 Å². The van der Waals surface area contributed by atoms with Crippen LogP contribution in [0.3, 0.4) is 0 Å². The molecule has 0 fully saturated rings. The second-order valence-electron chi connectivity index (χ2n) is 2.89. The first-order valence-corrected chi connectivity index (χ1v) is 5.16. The minimum absolute atomic E-state index is 0.0185. The Balaban J connectivity index is 4.38. The molecule has 2 unspecified atom stereocenters. The summed E-state index contributed by atoms with van der Waals surface area (Å²) in [5.74, 6) is 0. The molecule has 0 heterocycles. The summed E-state index contributed by atoms with van der Waals surface area (Å²) in [6.07, 6.45) is -1.28. The summed E-state index contributed by atoms with van der Waals surface area (Å²) in [6, 6.07) is 0. The highest BCUT2D eigenvalue weighted by molar-refractivity contribution is 7.86. The van der Waals surface area contributed by atoms with Crippen molar-refractivity contribution in [2.45, 2.75) is 25.4 Å². The lowest BCUT2D eigenvalue weighted by molar-refractivity contribution is 0.0235. The third kappa shape index (κ3) is 4.99. The Labute approximate surface area is 77.8 Å². The normalized spacial score (nSPS) is 16.6. The first-order valence-electron chi connectivity index (χ1n) is 3.65. The fourth-order valence-corrected chi connectivity index (χ4v) is 1.44. The molecule has 2 atom stereocenters. The second-order valence-corrected chi connectivity index (χ2v) is 4.39. The lowest BCUT2D eigenvalue weighted by atomic mass is 10.4. The van der Waals surface area contributed by atoms with Crippen molar-refractivity contribution in [1.29, 1.82) is 0 Å². The van der Waals surface area contributed by atoms with Gasteiger partial charge in [0, 0.05) is 0 Å². The van der Waals surface area contributed by atoms with E-state index in [-0.39, 0.29) is 6.61 Å². The van der Waals surface area contributed by atoms with Gasteiger partial charge in [0.15, 0.2) is 0 Å². The summed E-state index contributed by atoms with van der Waals surface area (Å²) < 4.78 is 34.6. The number of aliphatic hydroxyl groups is 1. The van der Waals surface area contributed by atoms with Gasteiger partial charge in [-0.15, -0.1) is 0 Å². The minimum atomic E-state index is -4.37. The lowest BCUT2D eigenvalue weighted by Gasteiger charge is -2.17. The number of hydrogen-bond acceptors (Lipinski definition) is 4. The number of ether oxygens (including phenoxy) is 1. The van der Waals surface area contributed by atoms with Crippen molar-refractivity contribution < 1.29 is 22.8 Å². The highest BCUT2D eigenvalue weighted by Gasteiger charge is 2.28. The standard InChI is InChI=1S/C7H14O5S/c1-5(2)4-12-7(6(3)8)13(9,10)11/h6-8H,1,4H2,2-3H3,(H,9,10,11). The van der Waals surface area contributed by atoms with Gasteiger partial charge >= 0.3 is 0 Å². The Morgan fingerprint density at radius 2 is 2.08 bits per heavy atom. The van der Waals surface area contributed by atoms with Crippen molar-refractivity contribution in [2.75, 3.05) is 6.61 Å². The molecule has 6 heteroatoms. The van der Waals surface area contributed by atoms with Crippen molar-refractivity contribution >= 4 is 10.1 Å². The zero-order chi connectivity index (χ0) is 10.6. The zero-order valence-corrected chi connectivity index (χ0v) is 8.41. The van der Waals surface area contributed by atoms with Crippen LogP contribution in [0.2, 0.25) is 0 Å². The molecule has 2 N–H and O–H groups in total. The molecule has 0 radical (unpaired) electrons. The fourth-order valence-electron chi connectivity index (χ4n) is 0.699. The molecule has 0 bridgehead atoms. The highest BCUT2D eigenvalue weighted by Crippen LogP contribution is 2.07.